The fraction of sp³-hybridized carbons (Fsp3) is 0.348. The molecule has 0 aliphatic carbocycles. The van der Waals surface area contributed by atoms with Gasteiger partial charge < -0.3 is 15.2 Å². The van der Waals surface area contributed by atoms with Crippen molar-refractivity contribution in [2.24, 2.45) is 0 Å². The monoisotopic (exact) mass is 426 g/mol. The van der Waals surface area contributed by atoms with E-state index in [1.54, 1.807) is 12.1 Å². The predicted octanol–water partition coefficient (Wildman–Crippen LogP) is 3.36. The predicted molar refractivity (Wildman–Crippen MR) is 119 cm³/mol. The van der Waals surface area contributed by atoms with E-state index in [0.29, 0.717) is 13.0 Å². The van der Waals surface area contributed by atoms with Gasteiger partial charge in [-0.25, -0.2) is 4.39 Å². The summed E-state index contributed by atoms with van der Waals surface area (Å²) < 4.78 is 13.2. The molecule has 1 fully saturated rings. The average Bonchev–Trinajstić information content (AvgIpc) is 3.08. The molecule has 7 heteroatoms. The molecule has 30 heavy (non-hydrogen) atoms. The van der Waals surface area contributed by atoms with Crippen LogP contribution in [0.4, 0.5) is 4.39 Å². The fourth-order valence-corrected chi connectivity index (χ4v) is 4.68. The van der Waals surface area contributed by atoms with Crippen molar-refractivity contribution in [2.45, 2.75) is 16.3 Å². The maximum absolute atomic E-state index is 13.2. The summed E-state index contributed by atoms with van der Waals surface area (Å²) in [5.74, 6) is -0.231. The Labute approximate surface area is 180 Å². The molecule has 0 radical (unpaired) electrons. The number of nitrogens with zero attached hydrogens (tertiary/aromatic N) is 2. The standard InChI is InChI=1S/C23H27FN4OS/c1-27-12-14-28(15-13-27)11-10-25-22(29)16-20-19-4-2-3-5-21(19)26-23(20)30-18-8-6-17(24)7-9-18/h2-9,26H,10-16H2,1H3,(H,25,29). The molecular formula is C23H27FN4OS. The normalized spacial score (nSPS) is 15.5. The number of nitrogens with one attached hydrogen (secondary N) is 2. The van der Waals surface area contributed by atoms with Gasteiger partial charge >= 0.3 is 0 Å². The van der Waals surface area contributed by atoms with Crippen molar-refractivity contribution < 1.29 is 9.18 Å². The highest BCUT2D eigenvalue weighted by molar-refractivity contribution is 7.99. The molecule has 0 unspecified atom stereocenters. The smallest absolute Gasteiger partial charge is 0.224 e. The Kier molecular flexibility index (Phi) is 6.72. The van der Waals surface area contributed by atoms with Crippen molar-refractivity contribution in [3.05, 3.63) is 59.9 Å². The Hall–Kier alpha value is -2.35. The van der Waals surface area contributed by atoms with Crippen molar-refractivity contribution >= 4 is 28.6 Å². The first-order valence-corrected chi connectivity index (χ1v) is 11.1. The first kappa shape index (κ1) is 20.9. The van der Waals surface area contributed by atoms with Crippen molar-refractivity contribution in [1.82, 2.24) is 20.1 Å². The number of rotatable bonds is 7. The van der Waals surface area contributed by atoms with Crippen LogP contribution in [0.1, 0.15) is 5.56 Å². The molecule has 0 saturated carbocycles. The third-order valence-corrected chi connectivity index (χ3v) is 6.55. The quantitative estimate of drug-likeness (QED) is 0.608. The van der Waals surface area contributed by atoms with E-state index in [9.17, 15) is 9.18 Å². The molecule has 0 atom stereocenters. The third-order valence-electron chi connectivity index (χ3n) is 5.49. The van der Waals surface area contributed by atoms with Gasteiger partial charge in [-0.15, -0.1) is 0 Å². The fourth-order valence-electron chi connectivity index (χ4n) is 3.71. The minimum absolute atomic E-state index is 0.0230. The number of carbonyl (C=O) groups excluding carboxylic acids is 1. The van der Waals surface area contributed by atoms with Gasteiger partial charge in [0.2, 0.25) is 5.91 Å². The number of aromatic nitrogens is 1. The highest BCUT2D eigenvalue weighted by Gasteiger charge is 2.17. The van der Waals surface area contributed by atoms with Crippen molar-refractivity contribution in [3.8, 4) is 0 Å². The van der Waals surface area contributed by atoms with E-state index in [1.807, 2.05) is 24.3 Å². The second-order valence-corrected chi connectivity index (χ2v) is 8.79. The Morgan fingerprint density at radius 1 is 1.10 bits per heavy atom. The van der Waals surface area contributed by atoms with Gasteiger partial charge in [0.25, 0.3) is 0 Å². The highest BCUT2D eigenvalue weighted by atomic mass is 32.2. The van der Waals surface area contributed by atoms with Crippen LogP contribution >= 0.6 is 11.8 Å². The van der Waals surface area contributed by atoms with E-state index >= 15 is 0 Å². The molecule has 2 heterocycles. The van der Waals surface area contributed by atoms with Crippen molar-refractivity contribution in [3.63, 3.8) is 0 Å². The van der Waals surface area contributed by atoms with Crippen LogP contribution in [0.2, 0.25) is 0 Å². The maximum atomic E-state index is 13.2. The molecule has 158 valence electrons. The maximum Gasteiger partial charge on any atom is 0.224 e. The number of likely N-dealkylation sites (N-methyl/N-ethyl adjacent to an activating group) is 1. The van der Waals surface area contributed by atoms with E-state index in [2.05, 4.69) is 27.1 Å². The topological polar surface area (TPSA) is 51.4 Å². The van der Waals surface area contributed by atoms with Crippen molar-refractivity contribution in [1.29, 1.82) is 0 Å². The molecule has 5 nitrogen and oxygen atoms in total. The molecule has 3 aromatic rings. The van der Waals surface area contributed by atoms with Gasteiger partial charge in [-0.1, -0.05) is 30.0 Å². The summed E-state index contributed by atoms with van der Waals surface area (Å²) in [6.45, 7) is 5.79. The molecule has 0 spiro atoms. The Balaban J connectivity index is 1.41. The van der Waals surface area contributed by atoms with Gasteiger partial charge in [0.05, 0.1) is 11.4 Å². The van der Waals surface area contributed by atoms with Crippen LogP contribution in [0.25, 0.3) is 10.9 Å². The Morgan fingerprint density at radius 2 is 1.83 bits per heavy atom. The first-order valence-electron chi connectivity index (χ1n) is 10.3. The number of H-pyrrole nitrogens is 1. The van der Waals surface area contributed by atoms with Gasteiger partial charge in [0.15, 0.2) is 0 Å². The summed E-state index contributed by atoms with van der Waals surface area (Å²) in [5.41, 5.74) is 1.99. The summed E-state index contributed by atoms with van der Waals surface area (Å²) in [5, 5.41) is 5.06. The number of hydrogen-bond acceptors (Lipinski definition) is 4. The lowest BCUT2D eigenvalue weighted by molar-refractivity contribution is -0.120. The minimum Gasteiger partial charge on any atom is -0.355 e. The van der Waals surface area contributed by atoms with Gasteiger partial charge in [-0.05, 0) is 37.4 Å². The van der Waals surface area contributed by atoms with Crippen LogP contribution in [0, 0.1) is 5.82 Å². The number of aromatic amines is 1. The summed E-state index contributed by atoms with van der Waals surface area (Å²) in [7, 11) is 2.14. The van der Waals surface area contributed by atoms with Gasteiger partial charge in [0, 0.05) is 60.6 Å². The molecular weight excluding hydrogens is 399 g/mol. The van der Waals surface area contributed by atoms with Gasteiger partial charge in [0.1, 0.15) is 5.82 Å². The summed E-state index contributed by atoms with van der Waals surface area (Å²) in [6, 6.07) is 14.4. The Morgan fingerprint density at radius 3 is 2.60 bits per heavy atom. The number of halogens is 1. The number of amides is 1. The molecule has 2 N–H and O–H groups in total. The van der Waals surface area contributed by atoms with Crippen LogP contribution in [-0.2, 0) is 11.2 Å². The SMILES string of the molecule is CN1CCN(CCNC(=O)Cc2c(Sc3ccc(F)cc3)[nH]c3ccccc23)CC1. The summed E-state index contributed by atoms with van der Waals surface area (Å²) >= 11 is 1.52. The lowest BCUT2D eigenvalue weighted by Crippen LogP contribution is -2.47. The second-order valence-electron chi connectivity index (χ2n) is 7.71. The average molecular weight is 427 g/mol. The number of benzene rings is 2. The zero-order valence-corrected chi connectivity index (χ0v) is 18.0. The van der Waals surface area contributed by atoms with Crippen molar-refractivity contribution in [2.75, 3.05) is 46.3 Å². The first-order chi connectivity index (χ1) is 14.6. The van der Waals surface area contributed by atoms with E-state index < -0.39 is 0 Å². The molecule has 2 aromatic carbocycles. The zero-order valence-electron chi connectivity index (χ0n) is 17.2. The van der Waals surface area contributed by atoms with E-state index in [0.717, 1.165) is 59.1 Å². The van der Waals surface area contributed by atoms with E-state index in [1.165, 1.54) is 23.9 Å². The molecule has 4 rings (SSSR count). The lowest BCUT2D eigenvalue weighted by atomic mass is 10.1. The number of para-hydroxylation sites is 1. The molecule has 1 aliphatic heterocycles. The third kappa shape index (κ3) is 5.22. The molecule has 1 saturated heterocycles. The zero-order chi connectivity index (χ0) is 20.9. The van der Waals surface area contributed by atoms with Crippen LogP contribution in [0.5, 0.6) is 0 Å². The molecule has 1 aliphatic rings. The minimum atomic E-state index is -0.254. The number of hydrogen-bond donors (Lipinski definition) is 2. The highest BCUT2D eigenvalue weighted by Crippen LogP contribution is 2.34. The van der Waals surface area contributed by atoms with E-state index in [4.69, 9.17) is 0 Å². The number of carbonyl (C=O) groups is 1. The second kappa shape index (κ2) is 9.64. The van der Waals surface area contributed by atoms with Crippen LogP contribution < -0.4 is 5.32 Å². The van der Waals surface area contributed by atoms with Gasteiger partial charge in [-0.2, -0.15) is 0 Å². The van der Waals surface area contributed by atoms with Gasteiger partial charge in [-0.3, -0.25) is 9.69 Å². The molecule has 1 aromatic heterocycles. The summed E-state index contributed by atoms with van der Waals surface area (Å²) in [6.07, 6.45) is 0.316. The van der Waals surface area contributed by atoms with E-state index in [-0.39, 0.29) is 11.7 Å². The molecule has 0 bridgehead atoms. The van der Waals surface area contributed by atoms with Crippen LogP contribution in [0.3, 0.4) is 0 Å². The molecule has 1 amide bonds. The largest absolute Gasteiger partial charge is 0.355 e. The lowest BCUT2D eigenvalue weighted by Gasteiger charge is -2.32. The Bertz CT molecular complexity index is 996. The van der Waals surface area contributed by atoms with Crippen LogP contribution in [-0.4, -0.2) is 67.0 Å². The van der Waals surface area contributed by atoms with Crippen LogP contribution in [0.15, 0.2) is 58.5 Å². The number of fused-ring (bicyclic) bond motifs is 1. The number of piperazine rings is 1. The summed E-state index contributed by atoms with van der Waals surface area (Å²) in [4.78, 5) is 21.8.